The van der Waals surface area contributed by atoms with Gasteiger partial charge in [0.1, 0.15) is 0 Å². The molecule has 2 N–H and O–H groups in total. The first-order chi connectivity index (χ1) is 19.9. The minimum absolute atomic E-state index is 0.00743. The maximum atomic E-state index is 13.2. The number of rotatable bonds is 10. The molecule has 9 heteroatoms. The number of benzene rings is 2. The molecule has 1 aliphatic carbocycles. The van der Waals surface area contributed by atoms with Gasteiger partial charge in [-0.25, -0.2) is 9.48 Å². The second kappa shape index (κ2) is 13.4. The van der Waals surface area contributed by atoms with Crippen LogP contribution in [-0.2, 0) is 4.79 Å². The van der Waals surface area contributed by atoms with Crippen LogP contribution in [0.3, 0.4) is 0 Å². The van der Waals surface area contributed by atoms with E-state index in [-0.39, 0.29) is 24.0 Å². The van der Waals surface area contributed by atoms with Crippen molar-refractivity contribution in [2.24, 2.45) is 5.92 Å². The van der Waals surface area contributed by atoms with Gasteiger partial charge < -0.3 is 10.4 Å². The van der Waals surface area contributed by atoms with Crippen molar-refractivity contribution in [3.63, 3.8) is 0 Å². The van der Waals surface area contributed by atoms with Gasteiger partial charge in [-0.3, -0.25) is 4.79 Å². The number of carboxylic acid groups (broad SMARTS) is 1. The summed E-state index contributed by atoms with van der Waals surface area (Å²) in [5.41, 5.74) is 4.99. The molecule has 224 valence electrons. The lowest BCUT2D eigenvalue weighted by atomic mass is 9.86. The molecular weight excluding hydrogens is 543 g/mol. The number of allylic oxidation sites excluding steroid dienone is 1. The third-order valence-corrected chi connectivity index (χ3v) is 7.87. The third kappa shape index (κ3) is 8.11. The van der Waals surface area contributed by atoms with E-state index < -0.39 is 24.6 Å². The van der Waals surface area contributed by atoms with Crippen LogP contribution in [0.15, 0.2) is 66.4 Å². The van der Waals surface area contributed by atoms with E-state index in [0.717, 1.165) is 22.5 Å². The van der Waals surface area contributed by atoms with Gasteiger partial charge >= 0.3 is 12.1 Å². The SMILES string of the molecule is Cc1cc(-n2ccc(C(C)C)n2)ccc1C(CCC(F)(F)F)Nc1ccc(C(=O)C2CCC=C(C(=O)O)CCC2)cc1. The van der Waals surface area contributed by atoms with Crippen molar-refractivity contribution in [2.75, 3.05) is 5.32 Å². The quantitative estimate of drug-likeness (QED) is 0.234. The number of ketones is 1. The number of anilines is 1. The molecular formula is C33H38F3N3O3. The predicted molar refractivity (Wildman–Crippen MR) is 157 cm³/mol. The molecule has 0 bridgehead atoms. The van der Waals surface area contributed by atoms with E-state index >= 15 is 0 Å². The number of carbonyl (C=O) groups excluding carboxylic acids is 1. The zero-order valence-corrected chi connectivity index (χ0v) is 24.2. The number of aromatic nitrogens is 2. The van der Waals surface area contributed by atoms with Crippen LogP contribution in [0.25, 0.3) is 5.69 Å². The Bertz CT molecular complexity index is 1420. The minimum Gasteiger partial charge on any atom is -0.478 e. The largest absolute Gasteiger partial charge is 0.478 e. The summed E-state index contributed by atoms with van der Waals surface area (Å²) >= 11 is 0. The molecule has 6 nitrogen and oxygen atoms in total. The number of carboxylic acids is 1. The lowest BCUT2D eigenvalue weighted by Gasteiger charge is -2.24. The topological polar surface area (TPSA) is 84.2 Å². The average molecular weight is 582 g/mol. The van der Waals surface area contributed by atoms with Gasteiger partial charge in [-0.1, -0.05) is 26.0 Å². The molecule has 0 fully saturated rings. The summed E-state index contributed by atoms with van der Waals surface area (Å²) in [7, 11) is 0. The Kier molecular flexibility index (Phi) is 9.91. The summed E-state index contributed by atoms with van der Waals surface area (Å²) in [6.45, 7) is 6.02. The number of hydrogen-bond donors (Lipinski definition) is 2. The zero-order valence-electron chi connectivity index (χ0n) is 24.2. The smallest absolute Gasteiger partial charge is 0.389 e. The Hall–Kier alpha value is -3.88. The summed E-state index contributed by atoms with van der Waals surface area (Å²) in [6.07, 6.45) is 1.05. The summed E-state index contributed by atoms with van der Waals surface area (Å²) in [5.74, 6) is -0.804. The minimum atomic E-state index is -4.29. The molecule has 2 atom stereocenters. The summed E-state index contributed by atoms with van der Waals surface area (Å²) < 4.78 is 41.5. The Balaban J connectivity index is 1.50. The third-order valence-electron chi connectivity index (χ3n) is 7.87. The number of nitrogens with zero attached hydrogens (tertiary/aromatic N) is 2. The zero-order chi connectivity index (χ0) is 30.4. The number of alkyl halides is 3. The van der Waals surface area contributed by atoms with Gasteiger partial charge in [-0.15, -0.1) is 0 Å². The average Bonchev–Trinajstić information content (AvgIpc) is 3.41. The fraction of sp³-hybridized carbons (Fsp3) is 0.424. The fourth-order valence-electron chi connectivity index (χ4n) is 5.46. The second-order valence-electron chi connectivity index (χ2n) is 11.4. The van der Waals surface area contributed by atoms with Crippen molar-refractivity contribution >= 4 is 17.4 Å². The van der Waals surface area contributed by atoms with Crippen LogP contribution >= 0.6 is 0 Å². The molecule has 1 aromatic heterocycles. The molecule has 0 aliphatic heterocycles. The van der Waals surface area contributed by atoms with Crippen LogP contribution in [0.4, 0.5) is 18.9 Å². The number of aliphatic carboxylic acids is 1. The van der Waals surface area contributed by atoms with E-state index in [1.807, 2.05) is 37.4 Å². The van der Waals surface area contributed by atoms with Crippen LogP contribution < -0.4 is 5.32 Å². The molecule has 0 saturated carbocycles. The van der Waals surface area contributed by atoms with Crippen LogP contribution in [0.2, 0.25) is 0 Å². The molecule has 3 aromatic rings. The number of halogens is 3. The molecule has 1 heterocycles. The molecule has 2 aromatic carbocycles. The Morgan fingerprint density at radius 1 is 1.10 bits per heavy atom. The van der Waals surface area contributed by atoms with Crippen molar-refractivity contribution in [1.82, 2.24) is 9.78 Å². The maximum Gasteiger partial charge on any atom is 0.389 e. The molecule has 42 heavy (non-hydrogen) atoms. The van der Waals surface area contributed by atoms with E-state index in [2.05, 4.69) is 24.3 Å². The first-order valence-corrected chi connectivity index (χ1v) is 14.5. The molecule has 0 radical (unpaired) electrons. The van der Waals surface area contributed by atoms with Crippen LogP contribution in [0.5, 0.6) is 0 Å². The summed E-state index contributed by atoms with van der Waals surface area (Å²) in [4.78, 5) is 24.4. The van der Waals surface area contributed by atoms with Crippen molar-refractivity contribution < 1.29 is 27.9 Å². The second-order valence-corrected chi connectivity index (χ2v) is 11.4. The highest BCUT2D eigenvalue weighted by molar-refractivity contribution is 5.98. The van der Waals surface area contributed by atoms with Gasteiger partial charge in [-0.05, 0) is 105 Å². The van der Waals surface area contributed by atoms with Crippen LogP contribution in [-0.4, -0.2) is 32.8 Å². The van der Waals surface area contributed by atoms with Crippen molar-refractivity contribution in [3.8, 4) is 5.69 Å². The number of hydrogen-bond acceptors (Lipinski definition) is 4. The Morgan fingerprint density at radius 2 is 1.83 bits per heavy atom. The van der Waals surface area contributed by atoms with Gasteiger partial charge in [-0.2, -0.15) is 18.3 Å². The summed E-state index contributed by atoms with van der Waals surface area (Å²) in [6, 6.07) is 13.9. The van der Waals surface area contributed by atoms with Crippen molar-refractivity contribution in [1.29, 1.82) is 0 Å². The first-order valence-electron chi connectivity index (χ1n) is 14.5. The highest BCUT2D eigenvalue weighted by atomic mass is 19.4. The van der Waals surface area contributed by atoms with Crippen molar-refractivity contribution in [2.45, 2.75) is 83.9 Å². The Labute approximate surface area is 244 Å². The predicted octanol–water partition coefficient (Wildman–Crippen LogP) is 8.57. The Morgan fingerprint density at radius 3 is 2.45 bits per heavy atom. The van der Waals surface area contributed by atoms with E-state index in [1.165, 1.54) is 0 Å². The van der Waals surface area contributed by atoms with E-state index in [9.17, 15) is 27.9 Å². The van der Waals surface area contributed by atoms with Gasteiger partial charge in [0.25, 0.3) is 0 Å². The normalized spacial score (nSPS) is 16.8. The van der Waals surface area contributed by atoms with E-state index in [4.69, 9.17) is 0 Å². The van der Waals surface area contributed by atoms with E-state index in [0.29, 0.717) is 48.9 Å². The van der Waals surface area contributed by atoms with Crippen LogP contribution in [0.1, 0.15) is 97.9 Å². The lowest BCUT2D eigenvalue weighted by molar-refractivity contribution is -0.136. The molecule has 4 rings (SSSR count). The number of carbonyl (C=O) groups is 2. The number of Topliss-reactive ketones (excluding diaryl/α,β-unsaturated/α-hetero) is 1. The highest BCUT2D eigenvalue weighted by Crippen LogP contribution is 2.33. The lowest BCUT2D eigenvalue weighted by Crippen LogP contribution is -2.18. The molecule has 0 spiro atoms. The molecule has 0 amide bonds. The van der Waals surface area contributed by atoms with Gasteiger partial charge in [0.05, 0.1) is 17.4 Å². The van der Waals surface area contributed by atoms with Gasteiger partial charge in [0.15, 0.2) is 5.78 Å². The van der Waals surface area contributed by atoms with E-state index in [1.54, 1.807) is 35.0 Å². The molecule has 2 unspecified atom stereocenters. The standard InChI is InChI=1S/C33H38F3N3O3/c1-21(2)29-17-19-39(38-29)27-14-15-28(22(3)20-27)30(16-18-33(34,35)36)37-26-12-10-24(11-13-26)31(40)23-6-4-8-25(32(41)42)9-5-7-23/h8,10-15,17,19-21,23,30,37H,4-7,9,16,18H2,1-3H3,(H,41,42). The van der Waals surface area contributed by atoms with Crippen LogP contribution in [0, 0.1) is 12.8 Å². The van der Waals surface area contributed by atoms with Gasteiger partial charge in [0, 0.05) is 35.4 Å². The van der Waals surface area contributed by atoms with Gasteiger partial charge in [0.2, 0.25) is 0 Å². The first kappa shape index (κ1) is 31.1. The fourth-order valence-corrected chi connectivity index (χ4v) is 5.46. The molecule has 1 aliphatic rings. The summed E-state index contributed by atoms with van der Waals surface area (Å²) in [5, 5.41) is 17.1. The maximum absolute atomic E-state index is 13.2. The highest BCUT2D eigenvalue weighted by Gasteiger charge is 2.29. The monoisotopic (exact) mass is 581 g/mol. The molecule has 0 saturated heterocycles. The van der Waals surface area contributed by atoms with Crippen molar-refractivity contribution in [3.05, 3.63) is 88.8 Å². The number of nitrogens with one attached hydrogen (secondary N) is 1. The number of aryl methyl sites for hydroxylation is 1.